The number of fused-ring (bicyclic) bond motifs is 2. The third-order valence-corrected chi connectivity index (χ3v) is 13.0. The summed E-state index contributed by atoms with van der Waals surface area (Å²) in [6, 6.07) is 12.2. The number of rotatable bonds is 12. The number of likely N-dealkylation sites (tertiary alicyclic amines) is 2. The van der Waals surface area contributed by atoms with Crippen LogP contribution in [0.1, 0.15) is 48.3 Å². The summed E-state index contributed by atoms with van der Waals surface area (Å²) < 4.78 is 33.0. The first-order valence-corrected chi connectivity index (χ1v) is 21.9. The van der Waals surface area contributed by atoms with Gasteiger partial charge in [0.05, 0.1) is 58.7 Å². The number of methoxy groups -OCH3 is 3. The van der Waals surface area contributed by atoms with Gasteiger partial charge in [0.15, 0.2) is 13.5 Å². The Morgan fingerprint density at radius 3 is 2.11 bits per heavy atom. The molecule has 1 atom stereocenters. The van der Waals surface area contributed by atoms with Crippen LogP contribution < -0.4 is 10.9 Å². The lowest BCUT2D eigenvalue weighted by Gasteiger charge is -2.45. The molecule has 3 aliphatic heterocycles. The van der Waals surface area contributed by atoms with Crippen molar-refractivity contribution in [3.8, 4) is 0 Å². The van der Waals surface area contributed by atoms with E-state index in [2.05, 4.69) is 36.6 Å². The third kappa shape index (κ3) is 10.9. The average molecular weight is 904 g/mol. The Morgan fingerprint density at radius 2 is 1.43 bits per heavy atom. The Balaban J connectivity index is 1.04. The number of piperidine rings is 2. The largest absolute Gasteiger partial charge is 0.512 e. The van der Waals surface area contributed by atoms with E-state index in [1.165, 1.54) is 25.9 Å². The molecule has 2 aromatic carbocycles. The quantitative estimate of drug-likeness (QED) is 0.121. The van der Waals surface area contributed by atoms with Gasteiger partial charge in [0, 0.05) is 75.5 Å². The number of hydrogen-bond donors (Lipinski definition) is 1. The minimum atomic E-state index is -0.896. The first-order chi connectivity index (χ1) is 31.3. The molecule has 0 bridgehead atoms. The SMILES string of the molecule is COC(=O)OCn1ncc2cc(CC(NC(=O)N3CCC(c4cc5ccccc5n(COC(=O)OC)c4=O)CC3)C(=O)N3CCN(C4CC[N+](C)(COC(=O)OC)CC4)CC3)cc(C)c21. The molecule has 0 saturated carbocycles. The van der Waals surface area contributed by atoms with E-state index in [1.807, 2.05) is 48.2 Å². The number of aryl methyl sites for hydroxylation is 1. The van der Waals surface area contributed by atoms with E-state index < -0.39 is 24.5 Å². The summed E-state index contributed by atoms with van der Waals surface area (Å²) in [5, 5.41) is 9.10. The first-order valence-electron chi connectivity index (χ1n) is 21.9. The number of nitrogens with one attached hydrogen (secondary N) is 1. The zero-order valence-corrected chi connectivity index (χ0v) is 37.7. The van der Waals surface area contributed by atoms with Crippen LogP contribution in [0.5, 0.6) is 0 Å². The standard InChI is InChI=1S/C45H58N8O12/c1-30-22-31(23-34-26-46-52(39(30)34)28-64-44(58)61-4)24-37(41(55)49-18-16-48(17-19-49)35-12-20-53(2,21-13-35)29-65-45(59)62-5)47-42(56)50-14-10-32(11-15-50)36-25-33-8-6-7-9-38(33)51(40(36)54)27-63-43(57)60-3/h6-9,22-23,25-26,32,35,37H,10-21,24,27-29H2,1-5H3/p+1. The summed E-state index contributed by atoms with van der Waals surface area (Å²) in [5.41, 5.74) is 3.35. The van der Waals surface area contributed by atoms with Gasteiger partial charge in [-0.25, -0.2) is 23.9 Å². The minimum absolute atomic E-state index is 0.139. The summed E-state index contributed by atoms with van der Waals surface area (Å²) in [7, 11) is 5.81. The highest BCUT2D eigenvalue weighted by atomic mass is 16.7. The van der Waals surface area contributed by atoms with Crippen molar-refractivity contribution >= 4 is 52.2 Å². The number of amides is 3. The number of piperazine rings is 1. The lowest BCUT2D eigenvalue weighted by molar-refractivity contribution is -0.930. The molecule has 5 heterocycles. The fourth-order valence-corrected chi connectivity index (χ4v) is 9.40. The predicted molar refractivity (Wildman–Crippen MR) is 235 cm³/mol. The van der Waals surface area contributed by atoms with Crippen molar-refractivity contribution < 1.29 is 56.9 Å². The molecule has 20 nitrogen and oxygen atoms in total. The summed E-state index contributed by atoms with van der Waals surface area (Å²) in [6.07, 6.45) is 2.36. The van der Waals surface area contributed by atoms with Crippen LogP contribution in [0.15, 0.2) is 53.5 Å². The number of quaternary nitrogens is 1. The van der Waals surface area contributed by atoms with Gasteiger partial charge in [0.2, 0.25) is 12.6 Å². The van der Waals surface area contributed by atoms with Gasteiger partial charge in [0.1, 0.15) is 6.04 Å². The third-order valence-electron chi connectivity index (χ3n) is 13.0. The maximum absolute atomic E-state index is 14.6. The number of nitrogens with zero attached hydrogens (tertiary/aromatic N) is 7. The van der Waals surface area contributed by atoms with Crippen LogP contribution in [0.2, 0.25) is 0 Å². The molecule has 0 spiro atoms. The molecular weight excluding hydrogens is 845 g/mol. The maximum Gasteiger partial charge on any atom is 0.512 e. The molecule has 350 valence electrons. The first kappa shape index (κ1) is 46.6. The minimum Gasteiger partial charge on any atom is -0.438 e. The topological polar surface area (TPSA) is 202 Å². The molecule has 3 amide bonds. The second-order valence-corrected chi connectivity index (χ2v) is 17.2. The Kier molecular flexibility index (Phi) is 14.8. The van der Waals surface area contributed by atoms with Crippen molar-refractivity contribution in [3.05, 3.63) is 75.7 Å². The molecule has 7 rings (SSSR count). The Labute approximate surface area is 376 Å². The highest BCUT2D eigenvalue weighted by Crippen LogP contribution is 2.29. The van der Waals surface area contributed by atoms with Gasteiger partial charge in [-0.05, 0) is 60.4 Å². The molecular formula is C45H59N8O12+. The van der Waals surface area contributed by atoms with E-state index in [9.17, 15) is 28.8 Å². The number of carbonyl (C=O) groups is 5. The van der Waals surface area contributed by atoms with Crippen LogP contribution in [0, 0.1) is 6.92 Å². The smallest absolute Gasteiger partial charge is 0.438 e. The van der Waals surface area contributed by atoms with Gasteiger partial charge in [-0.15, -0.1) is 0 Å². The van der Waals surface area contributed by atoms with Gasteiger partial charge < -0.3 is 43.5 Å². The number of pyridine rings is 1. The lowest BCUT2D eigenvalue weighted by atomic mass is 9.89. The van der Waals surface area contributed by atoms with Crippen molar-refractivity contribution in [3.63, 3.8) is 0 Å². The molecule has 3 saturated heterocycles. The van der Waals surface area contributed by atoms with E-state index in [0.717, 1.165) is 53.3 Å². The number of ether oxygens (including phenoxy) is 6. The summed E-state index contributed by atoms with van der Waals surface area (Å²) in [4.78, 5) is 83.6. The van der Waals surface area contributed by atoms with Crippen molar-refractivity contribution in [1.29, 1.82) is 0 Å². The molecule has 3 fully saturated rings. The summed E-state index contributed by atoms with van der Waals surface area (Å²) >= 11 is 0. The summed E-state index contributed by atoms with van der Waals surface area (Å²) in [6.45, 7) is 6.51. The predicted octanol–water partition coefficient (Wildman–Crippen LogP) is 4.13. The normalized spacial score (nSPS) is 19.9. The second kappa shape index (κ2) is 20.6. The Bertz CT molecular complexity index is 2430. The van der Waals surface area contributed by atoms with Crippen LogP contribution >= 0.6 is 0 Å². The van der Waals surface area contributed by atoms with E-state index in [4.69, 9.17) is 14.2 Å². The average Bonchev–Trinajstić information content (AvgIpc) is 3.75. The number of urea groups is 1. The van der Waals surface area contributed by atoms with Gasteiger partial charge in [-0.1, -0.05) is 24.3 Å². The van der Waals surface area contributed by atoms with Crippen LogP contribution in [-0.4, -0.2) is 163 Å². The number of aromatic nitrogens is 3. The molecule has 2 aromatic heterocycles. The molecule has 1 unspecified atom stereocenters. The molecule has 0 radical (unpaired) electrons. The van der Waals surface area contributed by atoms with E-state index in [1.54, 1.807) is 21.8 Å². The van der Waals surface area contributed by atoms with Gasteiger partial charge >= 0.3 is 24.5 Å². The molecule has 4 aromatic rings. The number of benzene rings is 2. The van der Waals surface area contributed by atoms with Crippen molar-refractivity contribution in [1.82, 2.24) is 34.4 Å². The Hall–Kier alpha value is -6.41. The molecule has 1 N–H and O–H groups in total. The number of carbonyl (C=O) groups excluding carboxylic acids is 5. The summed E-state index contributed by atoms with van der Waals surface area (Å²) in [5.74, 6) is -0.334. The van der Waals surface area contributed by atoms with E-state index in [-0.39, 0.29) is 50.0 Å². The number of hydrogen-bond acceptors (Lipinski definition) is 14. The van der Waals surface area contributed by atoms with Crippen LogP contribution in [-0.2, 0) is 53.1 Å². The molecule has 3 aliphatic rings. The number of para-hydroxylation sites is 1. The van der Waals surface area contributed by atoms with Gasteiger partial charge in [-0.3, -0.25) is 23.5 Å². The van der Waals surface area contributed by atoms with Crippen molar-refractivity contribution in [2.45, 2.75) is 70.5 Å². The van der Waals surface area contributed by atoms with E-state index >= 15 is 0 Å². The Morgan fingerprint density at radius 1 is 0.785 bits per heavy atom. The highest BCUT2D eigenvalue weighted by Gasteiger charge is 2.37. The zero-order chi connectivity index (χ0) is 46.3. The highest BCUT2D eigenvalue weighted by molar-refractivity contribution is 5.88. The van der Waals surface area contributed by atoms with Crippen LogP contribution in [0.25, 0.3) is 21.8 Å². The molecule has 0 aliphatic carbocycles. The maximum atomic E-state index is 14.6. The zero-order valence-electron chi connectivity index (χ0n) is 37.7. The van der Waals surface area contributed by atoms with E-state index in [0.29, 0.717) is 73.7 Å². The fourth-order valence-electron chi connectivity index (χ4n) is 9.40. The van der Waals surface area contributed by atoms with Gasteiger partial charge in [-0.2, -0.15) is 5.10 Å². The van der Waals surface area contributed by atoms with Crippen LogP contribution in [0.3, 0.4) is 0 Å². The van der Waals surface area contributed by atoms with Crippen molar-refractivity contribution in [2.75, 3.05) is 87.5 Å². The fraction of sp³-hybridized carbons (Fsp3) is 0.533. The monoisotopic (exact) mass is 903 g/mol. The second-order valence-electron chi connectivity index (χ2n) is 17.2. The van der Waals surface area contributed by atoms with Gasteiger partial charge in [0.25, 0.3) is 5.56 Å². The molecule has 65 heavy (non-hydrogen) atoms. The molecule has 20 heteroatoms. The van der Waals surface area contributed by atoms with Crippen LogP contribution in [0.4, 0.5) is 19.2 Å². The van der Waals surface area contributed by atoms with Crippen molar-refractivity contribution in [2.24, 2.45) is 0 Å². The lowest BCUT2D eigenvalue weighted by Crippen LogP contribution is -2.60.